The second-order valence-corrected chi connectivity index (χ2v) is 5.28. The fourth-order valence-corrected chi connectivity index (χ4v) is 2.53. The quantitative estimate of drug-likeness (QED) is 0.697. The van der Waals surface area contributed by atoms with Gasteiger partial charge in [0.15, 0.2) is 0 Å². The molecule has 6 nitrogen and oxygen atoms in total. The summed E-state index contributed by atoms with van der Waals surface area (Å²) in [5.74, 6) is -0.982. The van der Waals surface area contributed by atoms with Crippen molar-refractivity contribution in [3.8, 4) is 0 Å². The molecule has 114 valence electrons. The number of amides is 1. The smallest absolute Gasteiger partial charge is 0.337 e. The van der Waals surface area contributed by atoms with Crippen molar-refractivity contribution in [1.29, 1.82) is 0 Å². The number of rotatable bonds is 6. The number of carbonyl (C=O) groups excluding carboxylic acids is 1. The van der Waals surface area contributed by atoms with E-state index in [-0.39, 0.29) is 23.3 Å². The number of nitrogens with one attached hydrogen (secondary N) is 1. The summed E-state index contributed by atoms with van der Waals surface area (Å²) < 4.78 is 5.45. The number of hydrogen-bond acceptors (Lipinski definition) is 4. The van der Waals surface area contributed by atoms with Crippen molar-refractivity contribution in [1.82, 2.24) is 0 Å². The molecule has 1 amide bonds. The average Bonchev–Trinajstić information content (AvgIpc) is 2.36. The van der Waals surface area contributed by atoms with Crippen LogP contribution in [0.25, 0.3) is 0 Å². The van der Waals surface area contributed by atoms with Crippen molar-refractivity contribution in [2.75, 3.05) is 17.7 Å². The van der Waals surface area contributed by atoms with E-state index in [0.717, 1.165) is 12.8 Å². The van der Waals surface area contributed by atoms with Crippen LogP contribution in [0.3, 0.4) is 0 Å². The van der Waals surface area contributed by atoms with Gasteiger partial charge in [-0.1, -0.05) is 0 Å². The third kappa shape index (κ3) is 3.95. The zero-order valence-electron chi connectivity index (χ0n) is 12.0. The van der Waals surface area contributed by atoms with Crippen LogP contribution in [0.1, 0.15) is 36.5 Å². The largest absolute Gasteiger partial charge is 0.478 e. The summed E-state index contributed by atoms with van der Waals surface area (Å²) in [4.78, 5) is 23.1. The predicted octanol–water partition coefficient (Wildman–Crippen LogP) is 2.11. The van der Waals surface area contributed by atoms with E-state index in [1.807, 2.05) is 6.92 Å². The lowest BCUT2D eigenvalue weighted by Crippen LogP contribution is -2.34. The molecule has 1 aliphatic rings. The topological polar surface area (TPSA) is 102 Å². The Hall–Kier alpha value is -2.08. The highest BCUT2D eigenvalue weighted by Gasteiger charge is 2.31. The number of hydrogen-bond donors (Lipinski definition) is 3. The molecule has 0 saturated heterocycles. The molecule has 0 atom stereocenters. The maximum absolute atomic E-state index is 12.0. The lowest BCUT2D eigenvalue weighted by Gasteiger charge is -2.34. The second kappa shape index (κ2) is 6.58. The molecule has 0 aromatic heterocycles. The summed E-state index contributed by atoms with van der Waals surface area (Å²) in [5, 5.41) is 11.7. The second-order valence-electron chi connectivity index (χ2n) is 5.28. The molecule has 6 heteroatoms. The van der Waals surface area contributed by atoms with E-state index in [2.05, 4.69) is 5.32 Å². The van der Waals surface area contributed by atoms with E-state index in [9.17, 15) is 9.59 Å². The number of benzene rings is 1. The Balaban J connectivity index is 1.91. The number of aromatic carboxylic acids is 1. The lowest BCUT2D eigenvalue weighted by atomic mass is 9.80. The van der Waals surface area contributed by atoms with Crippen LogP contribution in [0, 0.1) is 5.92 Å². The van der Waals surface area contributed by atoms with Crippen molar-refractivity contribution in [3.05, 3.63) is 23.8 Å². The van der Waals surface area contributed by atoms with E-state index >= 15 is 0 Å². The molecular formula is C15H20N2O4. The third-order valence-electron chi connectivity index (χ3n) is 3.62. The van der Waals surface area contributed by atoms with E-state index < -0.39 is 5.97 Å². The number of carbonyl (C=O) groups is 2. The van der Waals surface area contributed by atoms with Gasteiger partial charge in [0.25, 0.3) is 0 Å². The number of nitrogen functional groups attached to an aromatic ring is 1. The van der Waals surface area contributed by atoms with Crippen molar-refractivity contribution >= 4 is 23.3 Å². The van der Waals surface area contributed by atoms with Gasteiger partial charge in [-0.25, -0.2) is 4.79 Å². The first kappa shape index (κ1) is 15.3. The number of nitrogens with two attached hydrogens (primary N) is 1. The van der Waals surface area contributed by atoms with Gasteiger partial charge in [-0.2, -0.15) is 0 Å². The van der Waals surface area contributed by atoms with Crippen LogP contribution in [-0.2, 0) is 9.53 Å². The molecule has 1 aromatic carbocycles. The van der Waals surface area contributed by atoms with Crippen LogP contribution in [-0.4, -0.2) is 29.7 Å². The van der Waals surface area contributed by atoms with Crippen LogP contribution in [0.5, 0.6) is 0 Å². The average molecular weight is 292 g/mol. The van der Waals surface area contributed by atoms with Gasteiger partial charge in [0, 0.05) is 18.7 Å². The Bertz CT molecular complexity index is 538. The molecule has 0 radical (unpaired) electrons. The van der Waals surface area contributed by atoms with Gasteiger partial charge in [-0.3, -0.25) is 4.79 Å². The Morgan fingerprint density at radius 3 is 2.76 bits per heavy atom. The summed E-state index contributed by atoms with van der Waals surface area (Å²) in [6, 6.07) is 4.35. The Labute approximate surface area is 123 Å². The van der Waals surface area contributed by atoms with Gasteiger partial charge >= 0.3 is 5.97 Å². The molecular weight excluding hydrogens is 272 g/mol. The normalized spacial score (nSPS) is 20.6. The molecule has 1 fully saturated rings. The summed E-state index contributed by atoms with van der Waals surface area (Å²) in [6.07, 6.45) is 2.39. The Morgan fingerprint density at radius 1 is 1.43 bits per heavy atom. The van der Waals surface area contributed by atoms with Crippen LogP contribution >= 0.6 is 0 Å². The highest BCUT2D eigenvalue weighted by Crippen LogP contribution is 2.33. The zero-order valence-corrected chi connectivity index (χ0v) is 12.0. The van der Waals surface area contributed by atoms with Gasteiger partial charge in [-0.15, -0.1) is 0 Å². The SMILES string of the molecule is CCOC1CC(CC(=O)Nc2cc(N)ccc2C(=O)O)C1. The monoisotopic (exact) mass is 292 g/mol. The van der Waals surface area contributed by atoms with Crippen molar-refractivity contribution < 1.29 is 19.4 Å². The molecule has 0 heterocycles. The van der Waals surface area contributed by atoms with E-state index in [1.54, 1.807) is 0 Å². The molecule has 1 aliphatic carbocycles. The third-order valence-corrected chi connectivity index (χ3v) is 3.62. The maximum Gasteiger partial charge on any atom is 0.337 e. The molecule has 21 heavy (non-hydrogen) atoms. The van der Waals surface area contributed by atoms with Gasteiger partial charge in [0.1, 0.15) is 0 Å². The molecule has 4 N–H and O–H groups in total. The highest BCUT2D eigenvalue weighted by atomic mass is 16.5. The Morgan fingerprint density at radius 2 is 2.14 bits per heavy atom. The summed E-state index contributed by atoms with van der Waals surface area (Å²) in [5.41, 5.74) is 6.33. The standard InChI is InChI=1S/C15H20N2O4/c1-2-21-11-5-9(6-11)7-14(18)17-13-8-10(16)3-4-12(13)15(19)20/h3-4,8-9,11H,2,5-7,16H2,1H3,(H,17,18)(H,19,20). The number of carboxylic acid groups (broad SMARTS) is 1. The molecule has 2 rings (SSSR count). The van der Waals surface area contributed by atoms with Gasteiger partial charge < -0.3 is 20.9 Å². The van der Waals surface area contributed by atoms with Gasteiger partial charge in [-0.05, 0) is 43.9 Å². The summed E-state index contributed by atoms with van der Waals surface area (Å²) >= 11 is 0. The minimum absolute atomic E-state index is 0.0401. The van der Waals surface area contributed by atoms with Crippen LogP contribution in [0.2, 0.25) is 0 Å². The minimum Gasteiger partial charge on any atom is -0.478 e. The minimum atomic E-state index is -1.09. The fourth-order valence-electron chi connectivity index (χ4n) is 2.53. The molecule has 1 saturated carbocycles. The van der Waals surface area contributed by atoms with Crippen molar-refractivity contribution in [2.24, 2.45) is 5.92 Å². The first-order valence-electron chi connectivity index (χ1n) is 7.03. The highest BCUT2D eigenvalue weighted by molar-refractivity contribution is 6.01. The van der Waals surface area contributed by atoms with E-state index in [1.165, 1.54) is 18.2 Å². The van der Waals surface area contributed by atoms with E-state index in [0.29, 0.717) is 24.6 Å². The van der Waals surface area contributed by atoms with Crippen molar-refractivity contribution in [2.45, 2.75) is 32.3 Å². The first-order valence-corrected chi connectivity index (χ1v) is 7.03. The summed E-state index contributed by atoms with van der Waals surface area (Å²) in [7, 11) is 0. The van der Waals surface area contributed by atoms with Gasteiger partial charge in [0.05, 0.1) is 17.4 Å². The maximum atomic E-state index is 12.0. The van der Waals surface area contributed by atoms with E-state index in [4.69, 9.17) is 15.6 Å². The zero-order chi connectivity index (χ0) is 15.4. The fraction of sp³-hybridized carbons (Fsp3) is 0.467. The number of anilines is 2. The number of ether oxygens (including phenoxy) is 1. The molecule has 0 unspecified atom stereocenters. The Kier molecular flexibility index (Phi) is 4.80. The first-order chi connectivity index (χ1) is 9.99. The van der Waals surface area contributed by atoms with Crippen LogP contribution < -0.4 is 11.1 Å². The molecule has 1 aromatic rings. The van der Waals surface area contributed by atoms with Gasteiger partial charge in [0.2, 0.25) is 5.91 Å². The summed E-state index contributed by atoms with van der Waals surface area (Å²) in [6.45, 7) is 2.64. The molecule has 0 bridgehead atoms. The lowest BCUT2D eigenvalue weighted by molar-refractivity contribution is -0.119. The number of carboxylic acids is 1. The van der Waals surface area contributed by atoms with Crippen LogP contribution in [0.4, 0.5) is 11.4 Å². The predicted molar refractivity (Wildman–Crippen MR) is 79.2 cm³/mol. The van der Waals surface area contributed by atoms with Crippen molar-refractivity contribution in [3.63, 3.8) is 0 Å². The molecule has 0 aliphatic heterocycles. The van der Waals surface area contributed by atoms with Crippen LogP contribution in [0.15, 0.2) is 18.2 Å². The molecule has 0 spiro atoms.